The van der Waals surface area contributed by atoms with E-state index in [0.717, 1.165) is 5.69 Å². The molecule has 0 fully saturated rings. The van der Waals surface area contributed by atoms with Crippen molar-refractivity contribution in [2.24, 2.45) is 0 Å². The molecule has 2 heterocycles. The number of carboxylic acids is 1. The number of anilines is 1. The van der Waals surface area contributed by atoms with Gasteiger partial charge in [0.15, 0.2) is 5.58 Å². The lowest BCUT2D eigenvalue weighted by Crippen LogP contribution is -2.05. The molecule has 0 saturated carbocycles. The Kier molecular flexibility index (Phi) is 4.75. The molecule has 0 amide bonds. The van der Waals surface area contributed by atoms with Crippen LogP contribution in [0.1, 0.15) is 12.8 Å². The van der Waals surface area contributed by atoms with E-state index in [1.807, 2.05) is 6.07 Å². The molecule has 2 aromatic heterocycles. The maximum Gasteiger partial charge on any atom is 0.349 e. The highest BCUT2D eigenvalue weighted by Gasteiger charge is 2.15. The van der Waals surface area contributed by atoms with Crippen LogP contribution in [0.15, 0.2) is 56.1 Å². The molecule has 0 aliphatic rings. The minimum absolute atomic E-state index is 0.0920. The Hall–Kier alpha value is -3.32. The van der Waals surface area contributed by atoms with Crippen LogP contribution in [0.4, 0.5) is 5.69 Å². The molecular weight excluding hydrogens is 384 g/mol. The minimum Gasteiger partial charge on any atom is -0.481 e. The highest BCUT2D eigenvalue weighted by molar-refractivity contribution is 6.31. The lowest BCUT2D eigenvalue weighted by Gasteiger charge is -2.06. The highest BCUT2D eigenvalue weighted by Crippen LogP contribution is 2.27. The van der Waals surface area contributed by atoms with Crippen molar-refractivity contribution >= 4 is 45.3 Å². The summed E-state index contributed by atoms with van der Waals surface area (Å²) in [7, 11) is 0. The van der Waals surface area contributed by atoms with E-state index in [1.54, 1.807) is 36.4 Å². The molecule has 142 valence electrons. The van der Waals surface area contributed by atoms with Crippen molar-refractivity contribution < 1.29 is 18.7 Å². The second kappa shape index (κ2) is 7.36. The smallest absolute Gasteiger partial charge is 0.349 e. The fourth-order valence-electron chi connectivity index (χ4n) is 2.86. The normalized spacial score (nSPS) is 11.2. The summed E-state index contributed by atoms with van der Waals surface area (Å²) in [5.74, 6) is -0.663. The molecule has 0 bridgehead atoms. The Bertz CT molecular complexity index is 1240. The molecular formula is C20H15ClN2O5. The molecule has 0 aliphatic carbocycles. The molecule has 0 saturated heterocycles. The number of fused-ring (bicyclic) bond motifs is 2. The number of hydrogen-bond acceptors (Lipinski definition) is 6. The highest BCUT2D eigenvalue weighted by atomic mass is 35.5. The number of benzene rings is 2. The van der Waals surface area contributed by atoms with E-state index >= 15 is 0 Å². The number of aliphatic carboxylic acids is 1. The fraction of sp³-hybridized carbons (Fsp3) is 0.150. The first kappa shape index (κ1) is 18.1. The Morgan fingerprint density at radius 3 is 2.79 bits per heavy atom. The zero-order valence-electron chi connectivity index (χ0n) is 14.6. The molecule has 4 rings (SSSR count). The third-order valence-corrected chi connectivity index (χ3v) is 4.45. The van der Waals surface area contributed by atoms with Crippen molar-refractivity contribution in [3.8, 4) is 11.5 Å². The summed E-state index contributed by atoms with van der Waals surface area (Å²) in [5, 5.41) is 13.0. The molecule has 7 nitrogen and oxygen atoms in total. The van der Waals surface area contributed by atoms with Gasteiger partial charge in [0.05, 0.1) is 0 Å². The number of carboxylic acid groups (broad SMARTS) is 1. The summed E-state index contributed by atoms with van der Waals surface area (Å²) >= 11 is 5.96. The topological polar surface area (TPSA) is 106 Å². The van der Waals surface area contributed by atoms with Gasteiger partial charge >= 0.3 is 11.6 Å². The van der Waals surface area contributed by atoms with E-state index in [0.29, 0.717) is 40.1 Å². The number of nitrogens with zero attached hydrogens (tertiary/aromatic N) is 1. The monoisotopic (exact) mass is 398 g/mol. The van der Waals surface area contributed by atoms with Gasteiger partial charge in [-0.05, 0) is 42.8 Å². The molecule has 0 aliphatic heterocycles. The third kappa shape index (κ3) is 3.70. The van der Waals surface area contributed by atoms with Crippen LogP contribution in [0.5, 0.6) is 0 Å². The molecule has 0 atom stereocenters. The molecule has 28 heavy (non-hydrogen) atoms. The third-order valence-electron chi connectivity index (χ3n) is 4.21. The van der Waals surface area contributed by atoms with Gasteiger partial charge in [-0.1, -0.05) is 11.6 Å². The zero-order valence-corrected chi connectivity index (χ0v) is 15.3. The molecule has 4 aromatic rings. The van der Waals surface area contributed by atoms with Crippen LogP contribution in [0.2, 0.25) is 5.02 Å². The van der Waals surface area contributed by atoms with Crippen LogP contribution in [0.25, 0.3) is 33.5 Å². The molecule has 8 heteroatoms. The van der Waals surface area contributed by atoms with Gasteiger partial charge in [-0.15, -0.1) is 0 Å². The Labute approximate surface area is 163 Å². The number of nitrogens with one attached hydrogen (secondary N) is 1. The van der Waals surface area contributed by atoms with E-state index in [2.05, 4.69) is 10.3 Å². The average molecular weight is 399 g/mol. The van der Waals surface area contributed by atoms with Crippen LogP contribution >= 0.6 is 11.6 Å². The summed E-state index contributed by atoms with van der Waals surface area (Å²) < 4.78 is 11.1. The number of carbonyl (C=O) groups is 1. The molecule has 2 N–H and O–H groups in total. The summed E-state index contributed by atoms with van der Waals surface area (Å²) in [6.45, 7) is 0.506. The maximum absolute atomic E-state index is 12.4. The summed E-state index contributed by atoms with van der Waals surface area (Å²) in [6, 6.07) is 12.1. The SMILES string of the molecule is O=C(O)CCCNc1ccc2cc(-c3nc4cc(Cl)ccc4o3)c(=O)oc2c1. The van der Waals surface area contributed by atoms with E-state index in [-0.39, 0.29) is 17.9 Å². The first-order chi connectivity index (χ1) is 13.5. The molecule has 0 unspecified atom stereocenters. The number of aromatic nitrogens is 1. The minimum atomic E-state index is -0.833. The number of oxazole rings is 1. The quantitative estimate of drug-likeness (QED) is 0.363. The predicted octanol–water partition coefficient (Wildman–Crippen LogP) is 4.53. The van der Waals surface area contributed by atoms with Gasteiger partial charge in [0.1, 0.15) is 16.7 Å². The van der Waals surface area contributed by atoms with Crippen LogP contribution in [-0.4, -0.2) is 22.6 Å². The first-order valence-electron chi connectivity index (χ1n) is 8.60. The van der Waals surface area contributed by atoms with Crippen LogP contribution in [0, 0.1) is 0 Å². The van der Waals surface area contributed by atoms with Gasteiger partial charge < -0.3 is 19.3 Å². The molecule has 0 spiro atoms. The van der Waals surface area contributed by atoms with Crippen LogP contribution in [0.3, 0.4) is 0 Å². The lowest BCUT2D eigenvalue weighted by atomic mass is 10.1. The molecule has 2 aromatic carbocycles. The summed E-state index contributed by atoms with van der Waals surface area (Å²) in [6.07, 6.45) is 0.590. The van der Waals surface area contributed by atoms with Gasteiger partial charge in [0.2, 0.25) is 5.89 Å². The zero-order chi connectivity index (χ0) is 19.7. The van der Waals surface area contributed by atoms with Crippen molar-refractivity contribution in [2.45, 2.75) is 12.8 Å². The lowest BCUT2D eigenvalue weighted by molar-refractivity contribution is -0.137. The Morgan fingerprint density at radius 2 is 1.96 bits per heavy atom. The van der Waals surface area contributed by atoms with Crippen molar-refractivity contribution in [1.29, 1.82) is 0 Å². The molecule has 0 radical (unpaired) electrons. The second-order valence-corrected chi connectivity index (χ2v) is 6.69. The predicted molar refractivity (Wildman–Crippen MR) is 106 cm³/mol. The van der Waals surface area contributed by atoms with Gasteiger partial charge in [0.25, 0.3) is 0 Å². The standard InChI is InChI=1S/C20H15ClN2O5/c21-12-4-6-16-15(9-12)23-19(27-16)14-8-11-3-5-13(10-17(11)28-20(14)26)22-7-1-2-18(24)25/h3-6,8-10,22H,1-2,7H2,(H,24,25). The van der Waals surface area contributed by atoms with Crippen molar-refractivity contribution in [1.82, 2.24) is 4.98 Å². The van der Waals surface area contributed by atoms with Gasteiger partial charge in [-0.25, -0.2) is 9.78 Å². The van der Waals surface area contributed by atoms with E-state index in [9.17, 15) is 9.59 Å². The average Bonchev–Trinajstić information content (AvgIpc) is 3.07. The Balaban J connectivity index is 1.63. The van der Waals surface area contributed by atoms with E-state index in [1.165, 1.54) is 0 Å². The number of halogens is 1. The van der Waals surface area contributed by atoms with Gasteiger partial charge in [0, 0.05) is 35.1 Å². The second-order valence-electron chi connectivity index (χ2n) is 6.26. The van der Waals surface area contributed by atoms with Gasteiger partial charge in [-0.2, -0.15) is 0 Å². The van der Waals surface area contributed by atoms with Crippen LogP contribution in [-0.2, 0) is 4.79 Å². The van der Waals surface area contributed by atoms with Crippen LogP contribution < -0.4 is 10.9 Å². The fourth-order valence-corrected chi connectivity index (χ4v) is 3.02. The van der Waals surface area contributed by atoms with Crippen molar-refractivity contribution in [3.63, 3.8) is 0 Å². The Morgan fingerprint density at radius 1 is 1.11 bits per heavy atom. The number of rotatable bonds is 6. The largest absolute Gasteiger partial charge is 0.481 e. The maximum atomic E-state index is 12.4. The van der Waals surface area contributed by atoms with Crippen molar-refractivity contribution in [3.05, 3.63) is 57.9 Å². The van der Waals surface area contributed by atoms with Crippen molar-refractivity contribution in [2.75, 3.05) is 11.9 Å². The first-order valence-corrected chi connectivity index (χ1v) is 8.97. The summed E-state index contributed by atoms with van der Waals surface area (Å²) in [5.41, 5.74) is 1.90. The number of hydrogen-bond donors (Lipinski definition) is 2. The van der Waals surface area contributed by atoms with Gasteiger partial charge in [-0.3, -0.25) is 4.79 Å². The van der Waals surface area contributed by atoms with E-state index < -0.39 is 11.6 Å². The summed E-state index contributed by atoms with van der Waals surface area (Å²) in [4.78, 5) is 27.3. The van der Waals surface area contributed by atoms with E-state index in [4.69, 9.17) is 25.5 Å².